The molecule has 0 aromatic heterocycles. The normalized spacial score (nSPS) is 12.8. The number of aryl methyl sites for hydroxylation is 2. The molecular weight excluding hydrogens is 528 g/mol. The lowest BCUT2D eigenvalue weighted by molar-refractivity contribution is -0.115. The van der Waals surface area contributed by atoms with Crippen LogP contribution in [0.3, 0.4) is 0 Å². The number of ether oxygens (including phenoxy) is 1. The minimum Gasteiger partial charge on any atom is -0.457 e. The molecule has 0 saturated heterocycles. The molecular formula is C31H26N2O6S. The molecule has 0 unspecified atom stereocenters. The van der Waals surface area contributed by atoms with Crippen molar-refractivity contribution in [2.75, 3.05) is 16.0 Å². The summed E-state index contributed by atoms with van der Waals surface area (Å²) in [6, 6.07) is 25.0. The molecule has 1 aliphatic rings. The Morgan fingerprint density at radius 2 is 1.45 bits per heavy atom. The van der Waals surface area contributed by atoms with Crippen molar-refractivity contribution >= 4 is 38.9 Å². The fourth-order valence-electron chi connectivity index (χ4n) is 4.34. The highest BCUT2D eigenvalue weighted by Gasteiger charge is 2.37. The highest BCUT2D eigenvalue weighted by molar-refractivity contribution is 7.91. The third kappa shape index (κ3) is 5.64. The number of imide groups is 1. The van der Waals surface area contributed by atoms with Crippen molar-refractivity contribution < 1.29 is 27.5 Å². The van der Waals surface area contributed by atoms with E-state index in [-0.39, 0.29) is 28.5 Å². The Hall–Kier alpha value is -4.76. The van der Waals surface area contributed by atoms with E-state index >= 15 is 0 Å². The van der Waals surface area contributed by atoms with Gasteiger partial charge >= 0.3 is 0 Å². The lowest BCUT2D eigenvalue weighted by Crippen LogP contribution is -2.29. The molecule has 0 spiro atoms. The minimum atomic E-state index is -3.57. The number of sulfone groups is 1. The number of nitrogens with zero attached hydrogens (tertiary/aromatic N) is 1. The second kappa shape index (κ2) is 10.8. The molecule has 4 aromatic rings. The number of nitrogens with one attached hydrogen (secondary N) is 1. The Morgan fingerprint density at radius 1 is 0.775 bits per heavy atom. The number of carbonyl (C=O) groups is 3. The lowest BCUT2D eigenvalue weighted by atomic mass is 10.1. The van der Waals surface area contributed by atoms with E-state index in [2.05, 4.69) is 5.32 Å². The molecule has 202 valence electrons. The Labute approximate surface area is 232 Å². The van der Waals surface area contributed by atoms with E-state index in [1.807, 2.05) is 19.9 Å². The third-order valence-electron chi connectivity index (χ3n) is 6.47. The minimum absolute atomic E-state index is 0.185. The van der Waals surface area contributed by atoms with Gasteiger partial charge in [0, 0.05) is 12.1 Å². The topological polar surface area (TPSA) is 110 Å². The van der Waals surface area contributed by atoms with Gasteiger partial charge in [-0.25, -0.2) is 13.3 Å². The molecule has 0 saturated carbocycles. The average Bonchev–Trinajstić information content (AvgIpc) is 3.18. The summed E-state index contributed by atoms with van der Waals surface area (Å²) >= 11 is 0. The Morgan fingerprint density at radius 3 is 2.15 bits per heavy atom. The van der Waals surface area contributed by atoms with E-state index in [1.54, 1.807) is 66.7 Å². The van der Waals surface area contributed by atoms with Gasteiger partial charge in [0.1, 0.15) is 11.5 Å². The van der Waals surface area contributed by atoms with Crippen LogP contribution >= 0.6 is 0 Å². The van der Waals surface area contributed by atoms with Gasteiger partial charge in [0.25, 0.3) is 11.8 Å². The Kier molecular flexibility index (Phi) is 7.23. The van der Waals surface area contributed by atoms with Crippen molar-refractivity contribution in [3.8, 4) is 11.5 Å². The van der Waals surface area contributed by atoms with Crippen LogP contribution in [-0.2, 0) is 14.6 Å². The van der Waals surface area contributed by atoms with Crippen LogP contribution in [0.25, 0.3) is 0 Å². The maximum Gasteiger partial charge on any atom is 0.266 e. The monoisotopic (exact) mass is 554 g/mol. The molecule has 0 fully saturated rings. The average molecular weight is 555 g/mol. The van der Waals surface area contributed by atoms with Crippen LogP contribution in [0.4, 0.5) is 11.4 Å². The molecule has 1 heterocycles. The SMILES string of the molecule is Cc1ccc(S(=O)(=O)CCC(=O)Nc2ccc(Oc3ccc4c(c3)C(=O)N(c3cccc(C)c3)C4=O)cc2)cc1. The standard InChI is InChI=1S/C31H26N2O6S/c1-20-6-13-26(14-7-20)40(37,38)17-16-29(34)32-22-8-10-24(11-9-22)39-25-12-15-27-28(19-25)31(36)33(30(27)35)23-5-3-4-21(2)18-23/h3-15,18-19H,16-17H2,1-2H3,(H,32,34). The molecule has 0 radical (unpaired) electrons. The maximum absolute atomic E-state index is 13.1. The predicted molar refractivity (Wildman–Crippen MR) is 152 cm³/mol. The fourth-order valence-corrected chi connectivity index (χ4v) is 5.58. The largest absolute Gasteiger partial charge is 0.457 e. The number of benzene rings is 4. The summed E-state index contributed by atoms with van der Waals surface area (Å²) in [5.74, 6) is -0.702. The van der Waals surface area contributed by atoms with Gasteiger partial charge in [-0.15, -0.1) is 0 Å². The number of carbonyl (C=O) groups excluding carboxylic acids is 3. The zero-order valence-corrected chi connectivity index (χ0v) is 22.7. The van der Waals surface area contributed by atoms with Crippen LogP contribution in [0.15, 0.2) is 95.9 Å². The zero-order chi connectivity index (χ0) is 28.4. The van der Waals surface area contributed by atoms with Gasteiger partial charge in [-0.05, 0) is 86.1 Å². The first-order chi connectivity index (χ1) is 19.1. The molecule has 4 aromatic carbocycles. The lowest BCUT2D eigenvalue weighted by Gasteiger charge is -2.14. The zero-order valence-electron chi connectivity index (χ0n) is 21.9. The third-order valence-corrected chi connectivity index (χ3v) is 8.20. The van der Waals surface area contributed by atoms with Crippen molar-refractivity contribution in [2.45, 2.75) is 25.2 Å². The molecule has 3 amide bonds. The summed E-state index contributed by atoms with van der Waals surface area (Å²) in [4.78, 5) is 39.7. The van der Waals surface area contributed by atoms with Crippen LogP contribution in [0, 0.1) is 13.8 Å². The number of fused-ring (bicyclic) bond motifs is 1. The number of hydrogen-bond donors (Lipinski definition) is 1. The number of hydrogen-bond acceptors (Lipinski definition) is 6. The molecule has 0 aliphatic carbocycles. The highest BCUT2D eigenvalue weighted by Crippen LogP contribution is 2.33. The number of amides is 3. The highest BCUT2D eigenvalue weighted by atomic mass is 32.2. The van der Waals surface area contributed by atoms with Crippen molar-refractivity contribution in [1.29, 1.82) is 0 Å². The Bertz CT molecular complexity index is 1730. The van der Waals surface area contributed by atoms with Gasteiger partial charge in [-0.1, -0.05) is 29.8 Å². The van der Waals surface area contributed by atoms with Crippen LogP contribution in [0.5, 0.6) is 11.5 Å². The van der Waals surface area contributed by atoms with Crippen LogP contribution in [0.2, 0.25) is 0 Å². The van der Waals surface area contributed by atoms with Crippen molar-refractivity contribution in [1.82, 2.24) is 0 Å². The molecule has 0 atom stereocenters. The van der Waals surface area contributed by atoms with Crippen LogP contribution in [0.1, 0.15) is 38.3 Å². The quantitative estimate of drug-likeness (QED) is 0.280. The fraction of sp³-hybridized carbons (Fsp3) is 0.129. The molecule has 40 heavy (non-hydrogen) atoms. The van der Waals surface area contributed by atoms with Gasteiger partial charge in [0.05, 0.1) is 27.5 Å². The summed E-state index contributed by atoms with van der Waals surface area (Å²) in [5.41, 5.74) is 3.45. The summed E-state index contributed by atoms with van der Waals surface area (Å²) in [6.45, 7) is 3.76. The van der Waals surface area contributed by atoms with E-state index in [4.69, 9.17) is 4.74 Å². The van der Waals surface area contributed by atoms with Gasteiger partial charge in [0.15, 0.2) is 9.84 Å². The Balaban J connectivity index is 1.20. The van der Waals surface area contributed by atoms with Crippen molar-refractivity contribution in [3.05, 3.63) is 113 Å². The first kappa shape index (κ1) is 26.8. The summed E-state index contributed by atoms with van der Waals surface area (Å²) in [5, 5.41) is 2.69. The van der Waals surface area contributed by atoms with Gasteiger partial charge in [0.2, 0.25) is 5.91 Å². The van der Waals surface area contributed by atoms with E-state index in [9.17, 15) is 22.8 Å². The van der Waals surface area contributed by atoms with E-state index in [0.717, 1.165) is 16.0 Å². The molecule has 9 heteroatoms. The molecule has 8 nitrogen and oxygen atoms in total. The number of anilines is 2. The second-order valence-corrected chi connectivity index (χ2v) is 11.7. The van der Waals surface area contributed by atoms with Crippen LogP contribution in [-0.4, -0.2) is 31.9 Å². The van der Waals surface area contributed by atoms with Crippen LogP contribution < -0.4 is 15.0 Å². The van der Waals surface area contributed by atoms with E-state index in [0.29, 0.717) is 28.4 Å². The summed E-state index contributed by atoms with van der Waals surface area (Å²) in [6.07, 6.45) is -0.185. The second-order valence-electron chi connectivity index (χ2n) is 9.55. The summed E-state index contributed by atoms with van der Waals surface area (Å²) in [7, 11) is -3.57. The van der Waals surface area contributed by atoms with Gasteiger partial charge < -0.3 is 10.1 Å². The molecule has 1 N–H and O–H groups in total. The van der Waals surface area contributed by atoms with Gasteiger partial charge in [-0.3, -0.25) is 14.4 Å². The van der Waals surface area contributed by atoms with E-state index < -0.39 is 21.7 Å². The molecule has 0 bridgehead atoms. The molecule has 1 aliphatic heterocycles. The van der Waals surface area contributed by atoms with Gasteiger partial charge in [-0.2, -0.15) is 0 Å². The number of rotatable bonds is 8. The first-order valence-electron chi connectivity index (χ1n) is 12.6. The summed E-state index contributed by atoms with van der Waals surface area (Å²) < 4.78 is 30.9. The smallest absolute Gasteiger partial charge is 0.266 e. The van der Waals surface area contributed by atoms with E-state index in [1.165, 1.54) is 18.2 Å². The predicted octanol–water partition coefficient (Wildman–Crippen LogP) is 5.70. The van der Waals surface area contributed by atoms with Crippen molar-refractivity contribution in [3.63, 3.8) is 0 Å². The first-order valence-corrected chi connectivity index (χ1v) is 14.2. The van der Waals surface area contributed by atoms with Crippen molar-refractivity contribution in [2.24, 2.45) is 0 Å². The maximum atomic E-state index is 13.1. The molecule has 5 rings (SSSR count).